The highest BCUT2D eigenvalue weighted by atomic mass is 15.0. The zero-order valence-electron chi connectivity index (χ0n) is 12.3. The highest BCUT2D eigenvalue weighted by Crippen LogP contribution is 2.23. The monoisotopic (exact) mass is 264 g/mol. The van der Waals surface area contributed by atoms with Gasteiger partial charge in [-0.25, -0.2) is 4.98 Å². The number of aromatic nitrogens is 2. The van der Waals surface area contributed by atoms with Crippen molar-refractivity contribution in [3.8, 4) is 5.69 Å². The minimum atomic E-state index is 0.535. The molecule has 0 unspecified atom stereocenters. The molecule has 20 heavy (non-hydrogen) atoms. The normalized spacial score (nSPS) is 11.4. The highest BCUT2D eigenvalue weighted by Gasteiger charge is 2.07. The van der Waals surface area contributed by atoms with Crippen LogP contribution in [0.4, 0.5) is 0 Å². The Bertz CT molecular complexity index is 738. The van der Waals surface area contributed by atoms with Gasteiger partial charge in [-0.05, 0) is 47.7 Å². The van der Waals surface area contributed by atoms with Gasteiger partial charge in [0.1, 0.15) is 6.33 Å². The van der Waals surface area contributed by atoms with E-state index in [-0.39, 0.29) is 0 Å². The lowest BCUT2D eigenvalue weighted by molar-refractivity contribution is 0.868. The van der Waals surface area contributed by atoms with Gasteiger partial charge in [-0.15, -0.1) is 0 Å². The van der Waals surface area contributed by atoms with Crippen LogP contribution in [0, 0.1) is 0 Å². The average Bonchev–Trinajstić information content (AvgIpc) is 2.90. The second kappa shape index (κ2) is 5.12. The molecule has 0 N–H and O–H groups in total. The first kappa shape index (κ1) is 12.9. The van der Waals surface area contributed by atoms with E-state index in [0.717, 1.165) is 11.9 Å². The van der Waals surface area contributed by atoms with Crippen molar-refractivity contribution in [2.75, 3.05) is 0 Å². The first-order valence-electron chi connectivity index (χ1n) is 7.25. The van der Waals surface area contributed by atoms with E-state index in [1.807, 2.05) is 6.33 Å². The molecular formula is C18H20N2. The van der Waals surface area contributed by atoms with Crippen molar-refractivity contribution in [1.82, 2.24) is 9.55 Å². The summed E-state index contributed by atoms with van der Waals surface area (Å²) in [5.41, 5.74) is 6.11. The first-order valence-corrected chi connectivity index (χ1v) is 7.25. The van der Waals surface area contributed by atoms with Crippen LogP contribution in [0.25, 0.3) is 16.7 Å². The third-order valence-electron chi connectivity index (χ3n) is 3.83. The van der Waals surface area contributed by atoms with Crippen LogP contribution in [0.5, 0.6) is 0 Å². The number of hydrogen-bond donors (Lipinski definition) is 0. The molecule has 0 amide bonds. The van der Waals surface area contributed by atoms with E-state index in [2.05, 4.69) is 72.8 Å². The Hall–Kier alpha value is -2.09. The van der Waals surface area contributed by atoms with E-state index in [9.17, 15) is 0 Å². The summed E-state index contributed by atoms with van der Waals surface area (Å²) in [5.74, 6) is 0.535. The predicted octanol–water partition coefficient (Wildman–Crippen LogP) is 4.71. The maximum atomic E-state index is 4.56. The molecule has 2 aromatic carbocycles. The number of hydrogen-bond acceptors (Lipinski definition) is 1. The second-order valence-corrected chi connectivity index (χ2v) is 5.54. The lowest BCUT2D eigenvalue weighted by Gasteiger charge is -2.08. The van der Waals surface area contributed by atoms with E-state index in [1.165, 1.54) is 22.3 Å². The van der Waals surface area contributed by atoms with Crippen LogP contribution < -0.4 is 0 Å². The van der Waals surface area contributed by atoms with Gasteiger partial charge in [0, 0.05) is 5.69 Å². The van der Waals surface area contributed by atoms with Crippen LogP contribution in [0.3, 0.4) is 0 Å². The fourth-order valence-electron chi connectivity index (χ4n) is 2.52. The molecule has 3 rings (SSSR count). The molecule has 0 aliphatic rings. The molecule has 0 saturated heterocycles. The average molecular weight is 264 g/mol. The number of fused-ring (bicyclic) bond motifs is 1. The zero-order chi connectivity index (χ0) is 14.1. The molecule has 0 atom stereocenters. The lowest BCUT2D eigenvalue weighted by Crippen LogP contribution is -1.94. The summed E-state index contributed by atoms with van der Waals surface area (Å²) in [6, 6.07) is 15.2. The van der Waals surface area contributed by atoms with Crippen molar-refractivity contribution < 1.29 is 0 Å². The summed E-state index contributed by atoms with van der Waals surface area (Å²) in [6.45, 7) is 6.60. The van der Waals surface area contributed by atoms with Crippen molar-refractivity contribution in [2.45, 2.75) is 33.1 Å². The van der Waals surface area contributed by atoms with E-state index in [4.69, 9.17) is 0 Å². The molecule has 0 saturated carbocycles. The Morgan fingerprint density at radius 2 is 1.95 bits per heavy atom. The third-order valence-corrected chi connectivity index (χ3v) is 3.83. The smallest absolute Gasteiger partial charge is 0.100 e. The van der Waals surface area contributed by atoms with Crippen molar-refractivity contribution in [3.05, 3.63) is 59.9 Å². The predicted molar refractivity (Wildman–Crippen MR) is 84.5 cm³/mol. The summed E-state index contributed by atoms with van der Waals surface area (Å²) in [6.07, 6.45) is 2.97. The fourth-order valence-corrected chi connectivity index (χ4v) is 2.52. The van der Waals surface area contributed by atoms with Crippen LogP contribution in [-0.2, 0) is 6.42 Å². The largest absolute Gasteiger partial charge is 0.299 e. The molecule has 2 nitrogen and oxygen atoms in total. The van der Waals surface area contributed by atoms with Gasteiger partial charge < -0.3 is 0 Å². The van der Waals surface area contributed by atoms with Gasteiger partial charge in [-0.1, -0.05) is 39.0 Å². The summed E-state index contributed by atoms with van der Waals surface area (Å²) >= 11 is 0. The highest BCUT2D eigenvalue weighted by molar-refractivity contribution is 5.78. The molecule has 0 spiro atoms. The Morgan fingerprint density at radius 3 is 2.70 bits per heavy atom. The van der Waals surface area contributed by atoms with Crippen molar-refractivity contribution in [1.29, 1.82) is 0 Å². The lowest BCUT2D eigenvalue weighted by atomic mass is 10.0. The maximum absolute atomic E-state index is 4.56. The maximum Gasteiger partial charge on any atom is 0.100 e. The van der Waals surface area contributed by atoms with Crippen LogP contribution in [-0.4, -0.2) is 9.55 Å². The third kappa shape index (κ3) is 2.22. The quantitative estimate of drug-likeness (QED) is 0.669. The van der Waals surface area contributed by atoms with Crippen LogP contribution in [0.15, 0.2) is 48.8 Å². The number of imidazole rings is 1. The van der Waals surface area contributed by atoms with E-state index in [1.54, 1.807) is 0 Å². The van der Waals surface area contributed by atoms with E-state index < -0.39 is 0 Å². The molecule has 0 aliphatic heterocycles. The van der Waals surface area contributed by atoms with E-state index >= 15 is 0 Å². The second-order valence-electron chi connectivity index (χ2n) is 5.54. The Morgan fingerprint density at radius 1 is 1.10 bits per heavy atom. The van der Waals surface area contributed by atoms with Crippen molar-refractivity contribution >= 4 is 11.0 Å². The standard InChI is InChI=1S/C18H20N2/c1-4-14-6-5-7-16(10-14)20-12-19-17-11-15(13(2)3)8-9-18(17)20/h5-13H,4H2,1-3H3. The van der Waals surface area contributed by atoms with Gasteiger partial charge in [-0.3, -0.25) is 4.57 Å². The molecule has 3 aromatic rings. The van der Waals surface area contributed by atoms with Gasteiger partial charge in [-0.2, -0.15) is 0 Å². The molecule has 0 aliphatic carbocycles. The van der Waals surface area contributed by atoms with Crippen molar-refractivity contribution in [2.24, 2.45) is 0 Å². The number of rotatable bonds is 3. The minimum Gasteiger partial charge on any atom is -0.299 e. The summed E-state index contributed by atoms with van der Waals surface area (Å²) in [7, 11) is 0. The van der Waals surface area contributed by atoms with Gasteiger partial charge in [0.15, 0.2) is 0 Å². The molecule has 1 aromatic heterocycles. The fraction of sp³-hybridized carbons (Fsp3) is 0.278. The molecule has 2 heteroatoms. The van der Waals surface area contributed by atoms with Gasteiger partial charge in [0.05, 0.1) is 11.0 Å². The Kier molecular flexibility index (Phi) is 3.31. The van der Waals surface area contributed by atoms with Gasteiger partial charge in [0.25, 0.3) is 0 Å². The molecule has 0 bridgehead atoms. The van der Waals surface area contributed by atoms with Crippen LogP contribution >= 0.6 is 0 Å². The molecule has 0 radical (unpaired) electrons. The summed E-state index contributed by atoms with van der Waals surface area (Å²) in [5, 5.41) is 0. The first-order chi connectivity index (χ1) is 9.69. The zero-order valence-corrected chi connectivity index (χ0v) is 12.3. The van der Waals surface area contributed by atoms with Crippen molar-refractivity contribution in [3.63, 3.8) is 0 Å². The van der Waals surface area contributed by atoms with Crippen LogP contribution in [0.1, 0.15) is 37.8 Å². The van der Waals surface area contributed by atoms with E-state index in [0.29, 0.717) is 5.92 Å². The number of nitrogens with zero attached hydrogens (tertiary/aromatic N) is 2. The molecule has 0 fully saturated rings. The molecule has 1 heterocycles. The number of aryl methyl sites for hydroxylation is 1. The molecule has 102 valence electrons. The van der Waals surface area contributed by atoms with Gasteiger partial charge in [0.2, 0.25) is 0 Å². The van der Waals surface area contributed by atoms with Gasteiger partial charge >= 0.3 is 0 Å². The summed E-state index contributed by atoms with van der Waals surface area (Å²) < 4.78 is 2.17. The number of benzene rings is 2. The Labute approximate surface area is 120 Å². The minimum absolute atomic E-state index is 0.535. The topological polar surface area (TPSA) is 17.8 Å². The summed E-state index contributed by atoms with van der Waals surface area (Å²) in [4.78, 5) is 4.56. The Balaban J connectivity index is 2.12. The van der Waals surface area contributed by atoms with Crippen LogP contribution in [0.2, 0.25) is 0 Å². The molecular weight excluding hydrogens is 244 g/mol. The SMILES string of the molecule is CCc1cccc(-n2cnc3cc(C(C)C)ccc32)c1.